The first kappa shape index (κ1) is 29.3. The van der Waals surface area contributed by atoms with Crippen LogP contribution in [0.15, 0.2) is 22.8 Å². The summed E-state index contributed by atoms with van der Waals surface area (Å²) in [5, 5.41) is 42.2. The van der Waals surface area contributed by atoms with Crippen LogP contribution in [0.2, 0.25) is 0 Å². The zero-order chi connectivity index (χ0) is 28.2. The number of aliphatic hydroxyl groups excluding tert-OH is 3. The van der Waals surface area contributed by atoms with Crippen LogP contribution in [-0.2, 0) is 14.3 Å². The van der Waals surface area contributed by atoms with Crippen LogP contribution in [0, 0.1) is 39.9 Å². The number of rotatable bonds is 6. The second-order valence-electron chi connectivity index (χ2n) is 13.6. The number of ether oxygens (including phenoxy) is 1. The zero-order valence-corrected chi connectivity index (χ0v) is 24.0. The highest BCUT2D eigenvalue weighted by atomic mass is 16.5. The molecule has 4 rings (SSSR count). The fraction of sp³-hybridized carbons (Fsp3) is 0.806. The van der Waals surface area contributed by atoms with Gasteiger partial charge in [0, 0.05) is 12.5 Å². The Morgan fingerprint density at radius 2 is 1.74 bits per heavy atom. The molecule has 0 bridgehead atoms. The van der Waals surface area contributed by atoms with Crippen LogP contribution < -0.4 is 0 Å². The molecule has 214 valence electrons. The Bertz CT molecular complexity index is 1020. The fourth-order valence-electron chi connectivity index (χ4n) is 9.81. The van der Waals surface area contributed by atoms with Crippen molar-refractivity contribution < 1.29 is 34.8 Å². The van der Waals surface area contributed by atoms with E-state index in [-0.39, 0.29) is 58.7 Å². The van der Waals surface area contributed by atoms with Gasteiger partial charge in [-0.1, -0.05) is 39.3 Å². The van der Waals surface area contributed by atoms with Gasteiger partial charge in [0.25, 0.3) is 0 Å². The minimum atomic E-state index is -1.01. The van der Waals surface area contributed by atoms with E-state index in [1.54, 1.807) is 0 Å². The molecule has 0 spiro atoms. The van der Waals surface area contributed by atoms with E-state index in [4.69, 9.17) is 4.74 Å². The maximum Gasteiger partial charge on any atom is 0.331 e. The number of hydrogen-bond acceptors (Lipinski definition) is 6. The van der Waals surface area contributed by atoms with Crippen molar-refractivity contribution in [3.8, 4) is 0 Å². The number of fused-ring (bicyclic) bond motifs is 5. The molecule has 0 amide bonds. The van der Waals surface area contributed by atoms with Crippen LogP contribution in [0.1, 0.15) is 92.9 Å². The Kier molecular flexibility index (Phi) is 7.99. The van der Waals surface area contributed by atoms with Crippen LogP contribution in [-0.4, -0.2) is 57.3 Å². The Morgan fingerprint density at radius 1 is 1.05 bits per heavy atom. The molecule has 0 heterocycles. The van der Waals surface area contributed by atoms with Crippen molar-refractivity contribution in [3.63, 3.8) is 0 Å². The number of carbonyl (C=O) groups excluding carboxylic acids is 1. The molecule has 4 saturated carbocycles. The number of aliphatic hydroxyl groups is 3. The van der Waals surface area contributed by atoms with Gasteiger partial charge in [0.1, 0.15) is 6.10 Å². The summed E-state index contributed by atoms with van der Waals surface area (Å²) in [5.74, 6) is -1.11. The van der Waals surface area contributed by atoms with Crippen LogP contribution in [0.4, 0.5) is 0 Å². The first-order chi connectivity index (χ1) is 17.7. The van der Waals surface area contributed by atoms with Crippen molar-refractivity contribution in [2.24, 2.45) is 39.9 Å². The fourth-order valence-corrected chi connectivity index (χ4v) is 9.81. The van der Waals surface area contributed by atoms with Crippen LogP contribution in [0.5, 0.6) is 0 Å². The predicted molar refractivity (Wildman–Crippen MR) is 144 cm³/mol. The molecule has 4 N–H and O–H groups in total. The van der Waals surface area contributed by atoms with Crippen LogP contribution in [0.25, 0.3) is 0 Å². The number of allylic oxidation sites excluding steroid dienone is 1. The molecule has 0 saturated heterocycles. The average Bonchev–Trinajstić information content (AvgIpc) is 3.10. The lowest BCUT2D eigenvalue weighted by Gasteiger charge is -2.69. The van der Waals surface area contributed by atoms with Gasteiger partial charge < -0.3 is 25.2 Å². The first-order valence-corrected chi connectivity index (χ1v) is 14.5. The summed E-state index contributed by atoms with van der Waals surface area (Å²) in [6.45, 7) is 12.1. The van der Waals surface area contributed by atoms with Crippen molar-refractivity contribution in [3.05, 3.63) is 22.8 Å². The summed E-state index contributed by atoms with van der Waals surface area (Å²) in [4.78, 5) is 24.9. The number of aliphatic carboxylic acids is 1. The molecule has 4 aliphatic carbocycles. The van der Waals surface area contributed by atoms with Crippen molar-refractivity contribution in [2.45, 2.75) is 111 Å². The van der Waals surface area contributed by atoms with E-state index >= 15 is 0 Å². The molecule has 0 aromatic heterocycles. The molecule has 4 fully saturated rings. The number of esters is 1. The highest BCUT2D eigenvalue weighted by molar-refractivity contribution is 5.88. The monoisotopic (exact) mass is 532 g/mol. The summed E-state index contributed by atoms with van der Waals surface area (Å²) in [6, 6.07) is 0. The molecule has 0 radical (unpaired) electrons. The predicted octanol–water partition coefficient (Wildman–Crippen LogP) is 4.64. The molecule has 7 heteroatoms. The van der Waals surface area contributed by atoms with Crippen LogP contribution >= 0.6 is 0 Å². The Hall–Kier alpha value is -1.70. The smallest absolute Gasteiger partial charge is 0.331 e. The summed E-state index contributed by atoms with van der Waals surface area (Å²) >= 11 is 0. The maximum absolute atomic E-state index is 12.6. The lowest BCUT2D eigenvalue weighted by atomic mass is 9.36. The van der Waals surface area contributed by atoms with E-state index < -0.39 is 24.1 Å². The third-order valence-corrected chi connectivity index (χ3v) is 11.8. The number of carboxylic acids is 1. The van der Waals surface area contributed by atoms with Crippen molar-refractivity contribution in [2.75, 3.05) is 6.61 Å². The Balaban J connectivity index is 1.81. The van der Waals surface area contributed by atoms with Crippen LogP contribution in [0.3, 0.4) is 0 Å². The lowest BCUT2D eigenvalue weighted by Crippen LogP contribution is -2.65. The minimum Gasteiger partial charge on any atom is -0.478 e. The second-order valence-corrected chi connectivity index (χ2v) is 13.6. The topological polar surface area (TPSA) is 124 Å². The third kappa shape index (κ3) is 4.46. The van der Waals surface area contributed by atoms with Crippen molar-refractivity contribution >= 4 is 11.9 Å². The van der Waals surface area contributed by atoms with Gasteiger partial charge in [0.2, 0.25) is 0 Å². The summed E-state index contributed by atoms with van der Waals surface area (Å²) in [7, 11) is 0. The molecule has 38 heavy (non-hydrogen) atoms. The van der Waals surface area contributed by atoms with Gasteiger partial charge in [0.15, 0.2) is 0 Å². The van der Waals surface area contributed by atoms with E-state index in [2.05, 4.69) is 27.7 Å². The van der Waals surface area contributed by atoms with Gasteiger partial charge >= 0.3 is 11.9 Å². The summed E-state index contributed by atoms with van der Waals surface area (Å²) in [5.41, 5.74) is 0.980. The maximum atomic E-state index is 12.6. The van der Waals surface area contributed by atoms with Crippen molar-refractivity contribution in [1.82, 2.24) is 0 Å². The molecule has 0 unspecified atom stereocenters. The molecule has 10 atom stereocenters. The van der Waals surface area contributed by atoms with Crippen molar-refractivity contribution in [1.29, 1.82) is 0 Å². The highest BCUT2D eigenvalue weighted by Gasteiger charge is 2.70. The summed E-state index contributed by atoms with van der Waals surface area (Å²) < 4.78 is 5.85. The molecule has 7 nitrogen and oxygen atoms in total. The molecule has 4 aliphatic rings. The van der Waals surface area contributed by atoms with E-state index in [0.29, 0.717) is 30.8 Å². The SMILES string of the molecule is CC(=O)O[C@H]1C[C@@]2(C)[C@@H](C[C@@H](O)[C@H]3[C@@]4(C)CC[C@@H](O)[C@@H](C)[C@@H]4CC[C@@]32C)C1=C(CCC=C(C)CO)C(=O)O. The number of carboxylic acid groups (broad SMARTS) is 1. The lowest BCUT2D eigenvalue weighted by molar-refractivity contribution is -0.234. The van der Waals surface area contributed by atoms with Gasteiger partial charge in [-0.25, -0.2) is 4.79 Å². The van der Waals surface area contributed by atoms with Gasteiger partial charge in [-0.05, 0) is 104 Å². The molecule has 0 aliphatic heterocycles. The standard InChI is InChI=1S/C31H48O7/c1-17(16-32)8-7-9-20(28(36)37)26-22-14-24(35)27-29(4)12-11-23(34)18(2)21(29)10-13-30(27,5)31(22,6)15-25(26)38-19(3)33/h8,18,21-25,27,32,34-35H,7,9-16H2,1-6H3,(H,36,37)/t18-,21-,22-,23+,24+,25-,27-,29-,30-,31-/m0/s1. The van der Waals surface area contributed by atoms with Gasteiger partial charge in [-0.3, -0.25) is 4.79 Å². The Morgan fingerprint density at radius 3 is 2.34 bits per heavy atom. The highest BCUT2D eigenvalue weighted by Crippen LogP contribution is 2.74. The quantitative estimate of drug-likeness (QED) is 0.223. The van der Waals surface area contributed by atoms with E-state index in [1.807, 2.05) is 13.0 Å². The minimum absolute atomic E-state index is 0.0192. The van der Waals surface area contributed by atoms with Gasteiger partial charge in [-0.15, -0.1) is 0 Å². The third-order valence-electron chi connectivity index (χ3n) is 11.8. The average molecular weight is 533 g/mol. The molecule has 0 aromatic rings. The van der Waals surface area contributed by atoms with E-state index in [1.165, 1.54) is 6.92 Å². The van der Waals surface area contributed by atoms with E-state index in [9.17, 15) is 30.0 Å². The Labute approximate surface area is 227 Å². The molecular weight excluding hydrogens is 484 g/mol. The first-order valence-electron chi connectivity index (χ1n) is 14.5. The normalized spacial score (nSPS) is 46.0. The second kappa shape index (κ2) is 10.4. The number of hydrogen-bond donors (Lipinski definition) is 4. The summed E-state index contributed by atoms with van der Waals surface area (Å²) in [6.07, 6.45) is 5.51. The number of carbonyl (C=O) groups is 2. The zero-order valence-electron chi connectivity index (χ0n) is 24.0. The van der Waals surface area contributed by atoms with E-state index in [0.717, 1.165) is 31.3 Å². The van der Waals surface area contributed by atoms with Gasteiger partial charge in [0.05, 0.1) is 18.8 Å². The molecule has 0 aromatic carbocycles. The largest absolute Gasteiger partial charge is 0.478 e. The molecular formula is C31H48O7. The van der Waals surface area contributed by atoms with Gasteiger partial charge in [-0.2, -0.15) is 0 Å².